The largest absolute Gasteiger partial charge is 0.504 e. The van der Waals surface area contributed by atoms with Crippen LogP contribution in [0.3, 0.4) is 0 Å². The summed E-state index contributed by atoms with van der Waals surface area (Å²) in [5, 5.41) is 11.0. The zero-order valence-electron chi connectivity index (χ0n) is 15.0. The summed E-state index contributed by atoms with van der Waals surface area (Å²) in [6, 6.07) is 8.71. The number of fused-ring (bicyclic) bond motifs is 5. The van der Waals surface area contributed by atoms with Gasteiger partial charge in [-0.3, -0.25) is 0 Å². The molecule has 1 unspecified atom stereocenters. The summed E-state index contributed by atoms with van der Waals surface area (Å²) >= 11 is 0. The van der Waals surface area contributed by atoms with Gasteiger partial charge in [-0.15, -0.1) is 6.58 Å². The lowest BCUT2D eigenvalue weighted by atomic mass is 9.75. The van der Waals surface area contributed by atoms with E-state index in [9.17, 15) is 9.90 Å². The molecule has 1 aromatic heterocycles. The minimum atomic E-state index is -0.903. The van der Waals surface area contributed by atoms with Crippen LogP contribution in [0.1, 0.15) is 23.7 Å². The average molecular weight is 353 g/mol. The molecular formula is C21H25N2O3+. The van der Waals surface area contributed by atoms with Crippen molar-refractivity contribution in [3.8, 4) is 0 Å². The van der Waals surface area contributed by atoms with Crippen LogP contribution >= 0.6 is 0 Å². The van der Waals surface area contributed by atoms with Crippen LogP contribution in [0.15, 0.2) is 48.8 Å². The molecule has 0 amide bonds. The van der Waals surface area contributed by atoms with Crippen LogP contribution in [0.4, 0.5) is 0 Å². The number of nitrogens with one attached hydrogen (secondary N) is 2. The summed E-state index contributed by atoms with van der Waals surface area (Å²) in [5.41, 5.74) is 4.20. The number of benzene rings is 1. The standard InChI is InChI=1S/C21H24N2O3/c1-3-13-11-23-9-8-15-14-6-4-5-7-18(14)22-20(15)19(23)10-16(13)17(12-26-2)21(24)25/h3-7,12-13,16,19,22H,1,8-11H2,2H3,(H,24,25)/p+1/b17-12+/t13-,16-,19+/m0/s1. The number of methoxy groups -OCH3 is 1. The molecule has 1 fully saturated rings. The molecule has 136 valence electrons. The van der Waals surface area contributed by atoms with Gasteiger partial charge in [-0.2, -0.15) is 0 Å². The summed E-state index contributed by atoms with van der Waals surface area (Å²) < 4.78 is 5.07. The fraction of sp³-hybridized carbons (Fsp3) is 0.381. The molecule has 3 N–H and O–H groups in total. The van der Waals surface area contributed by atoms with Gasteiger partial charge in [-0.05, 0) is 11.6 Å². The molecule has 4 rings (SSSR count). The molecule has 3 heterocycles. The molecule has 5 nitrogen and oxygen atoms in total. The van der Waals surface area contributed by atoms with Crippen molar-refractivity contribution >= 4 is 16.9 Å². The van der Waals surface area contributed by atoms with Crippen molar-refractivity contribution in [1.82, 2.24) is 4.98 Å². The van der Waals surface area contributed by atoms with Gasteiger partial charge in [-0.1, -0.05) is 24.3 Å². The first kappa shape index (κ1) is 16.9. The maximum atomic E-state index is 11.8. The summed E-state index contributed by atoms with van der Waals surface area (Å²) in [6.07, 6.45) is 5.15. The molecule has 0 saturated carbocycles. The Bertz CT molecular complexity index is 883. The fourth-order valence-corrected chi connectivity index (χ4v) is 4.88. The third kappa shape index (κ3) is 2.63. The first-order valence-electron chi connectivity index (χ1n) is 9.16. The summed E-state index contributed by atoms with van der Waals surface area (Å²) in [5.74, 6) is -0.847. The highest BCUT2D eigenvalue weighted by Gasteiger charge is 2.44. The predicted octanol–water partition coefficient (Wildman–Crippen LogP) is 2.09. The van der Waals surface area contributed by atoms with E-state index in [0.717, 1.165) is 25.9 Å². The van der Waals surface area contributed by atoms with Crippen molar-refractivity contribution in [2.75, 3.05) is 20.2 Å². The number of aliphatic carboxylic acids is 1. The average Bonchev–Trinajstić information content (AvgIpc) is 3.04. The summed E-state index contributed by atoms with van der Waals surface area (Å²) in [4.78, 5) is 16.9. The van der Waals surface area contributed by atoms with E-state index in [1.165, 1.54) is 40.4 Å². The van der Waals surface area contributed by atoms with Gasteiger partial charge < -0.3 is 19.7 Å². The van der Waals surface area contributed by atoms with Gasteiger partial charge >= 0.3 is 5.97 Å². The van der Waals surface area contributed by atoms with E-state index in [0.29, 0.717) is 5.57 Å². The highest BCUT2D eigenvalue weighted by molar-refractivity contribution is 5.87. The second-order valence-electron chi connectivity index (χ2n) is 7.33. The summed E-state index contributed by atoms with van der Waals surface area (Å²) in [7, 11) is 1.50. The number of carbonyl (C=O) groups is 1. The van der Waals surface area contributed by atoms with Crippen LogP contribution < -0.4 is 4.90 Å². The molecule has 1 aromatic carbocycles. The third-order valence-electron chi connectivity index (χ3n) is 6.08. The Morgan fingerprint density at radius 3 is 2.96 bits per heavy atom. The molecule has 0 radical (unpaired) electrons. The SMILES string of the molecule is C=C[C@H]1C[NH+]2CCc3c([nH]c4ccccc34)[C@H]2C[C@@H]1/C(=C\OC)C(=O)O. The predicted molar refractivity (Wildman–Crippen MR) is 100.0 cm³/mol. The van der Waals surface area contributed by atoms with Gasteiger partial charge in [0.05, 0.1) is 37.7 Å². The number of aromatic nitrogens is 1. The maximum Gasteiger partial charge on any atom is 0.334 e. The smallest absolute Gasteiger partial charge is 0.334 e. The monoisotopic (exact) mass is 353 g/mol. The maximum absolute atomic E-state index is 11.8. The van der Waals surface area contributed by atoms with Crippen molar-refractivity contribution in [1.29, 1.82) is 0 Å². The van der Waals surface area contributed by atoms with Crippen molar-refractivity contribution in [3.63, 3.8) is 0 Å². The molecule has 0 spiro atoms. The van der Waals surface area contributed by atoms with E-state index < -0.39 is 5.97 Å². The number of aromatic amines is 1. The van der Waals surface area contributed by atoms with E-state index in [1.807, 2.05) is 6.08 Å². The zero-order valence-corrected chi connectivity index (χ0v) is 15.0. The highest BCUT2D eigenvalue weighted by Crippen LogP contribution is 2.38. The minimum absolute atomic E-state index is 0.0870. The normalized spacial score (nSPS) is 28.3. The number of hydrogen-bond donors (Lipinski definition) is 3. The number of hydrogen-bond acceptors (Lipinski definition) is 2. The first-order chi connectivity index (χ1) is 12.6. The number of carboxylic acids is 1. The number of carboxylic acid groups (broad SMARTS) is 1. The molecule has 5 heteroatoms. The Balaban J connectivity index is 1.75. The Kier molecular flexibility index (Phi) is 4.32. The van der Waals surface area contributed by atoms with Crippen molar-refractivity contribution in [2.24, 2.45) is 11.8 Å². The Morgan fingerprint density at radius 1 is 1.42 bits per heavy atom. The first-order valence-corrected chi connectivity index (χ1v) is 9.16. The number of ether oxygens (including phenoxy) is 1. The van der Waals surface area contributed by atoms with Gasteiger partial charge in [0, 0.05) is 35.6 Å². The molecule has 4 atom stereocenters. The second kappa shape index (κ2) is 6.65. The van der Waals surface area contributed by atoms with Crippen molar-refractivity contribution in [3.05, 3.63) is 60.0 Å². The lowest BCUT2D eigenvalue weighted by Gasteiger charge is -2.42. The van der Waals surface area contributed by atoms with E-state index in [4.69, 9.17) is 4.74 Å². The van der Waals surface area contributed by atoms with Crippen LogP contribution in [0.5, 0.6) is 0 Å². The molecule has 2 aliphatic rings. The number of quaternary nitrogens is 1. The molecule has 2 aromatic rings. The summed E-state index contributed by atoms with van der Waals surface area (Å²) in [6.45, 7) is 5.95. The lowest BCUT2D eigenvalue weighted by molar-refractivity contribution is -0.943. The van der Waals surface area contributed by atoms with E-state index in [2.05, 4.69) is 35.8 Å². The molecule has 2 aliphatic heterocycles. The quantitative estimate of drug-likeness (QED) is 0.448. The van der Waals surface area contributed by atoms with E-state index in [-0.39, 0.29) is 17.9 Å². The van der Waals surface area contributed by atoms with Crippen molar-refractivity contribution < 1.29 is 19.5 Å². The van der Waals surface area contributed by atoms with Gasteiger partial charge in [-0.25, -0.2) is 4.79 Å². The minimum Gasteiger partial charge on any atom is -0.504 e. The Hall–Kier alpha value is -2.53. The molecule has 0 aliphatic carbocycles. The fourth-order valence-electron chi connectivity index (χ4n) is 4.88. The van der Waals surface area contributed by atoms with Crippen LogP contribution in [-0.4, -0.2) is 36.3 Å². The van der Waals surface area contributed by atoms with Gasteiger partial charge in [0.1, 0.15) is 6.04 Å². The van der Waals surface area contributed by atoms with Crippen LogP contribution in [0.2, 0.25) is 0 Å². The van der Waals surface area contributed by atoms with Gasteiger partial charge in [0.25, 0.3) is 0 Å². The van der Waals surface area contributed by atoms with Gasteiger partial charge in [0.2, 0.25) is 0 Å². The second-order valence-corrected chi connectivity index (χ2v) is 7.33. The molecule has 1 saturated heterocycles. The molecule has 26 heavy (non-hydrogen) atoms. The Morgan fingerprint density at radius 2 is 2.23 bits per heavy atom. The number of piperidine rings is 1. The van der Waals surface area contributed by atoms with E-state index in [1.54, 1.807) is 0 Å². The van der Waals surface area contributed by atoms with Gasteiger partial charge in [0.15, 0.2) is 0 Å². The zero-order chi connectivity index (χ0) is 18.3. The number of para-hydroxylation sites is 1. The third-order valence-corrected chi connectivity index (χ3v) is 6.08. The van der Waals surface area contributed by atoms with E-state index >= 15 is 0 Å². The lowest BCUT2D eigenvalue weighted by Crippen LogP contribution is -3.15. The van der Waals surface area contributed by atoms with Crippen molar-refractivity contribution in [2.45, 2.75) is 18.9 Å². The highest BCUT2D eigenvalue weighted by atomic mass is 16.5. The van der Waals surface area contributed by atoms with Crippen LogP contribution in [0, 0.1) is 11.8 Å². The van der Waals surface area contributed by atoms with Crippen LogP contribution in [-0.2, 0) is 16.0 Å². The number of H-pyrrole nitrogens is 1. The number of rotatable bonds is 4. The molecule has 0 bridgehead atoms. The molecular weight excluding hydrogens is 328 g/mol. The topological polar surface area (TPSA) is 66.8 Å². The van der Waals surface area contributed by atoms with Crippen LogP contribution in [0.25, 0.3) is 10.9 Å². The Labute approximate surface area is 153 Å².